The molecule has 0 heterocycles. The Balaban J connectivity index is 0.00000200. The molecule has 0 aliphatic heterocycles. The summed E-state index contributed by atoms with van der Waals surface area (Å²) in [6.45, 7) is 0.465. The second-order valence-electron chi connectivity index (χ2n) is 4.93. The van der Waals surface area contributed by atoms with Gasteiger partial charge < -0.3 is 10.6 Å². The lowest BCUT2D eigenvalue weighted by Gasteiger charge is -2.16. The molecule has 1 aliphatic carbocycles. The zero-order valence-electron chi connectivity index (χ0n) is 11.6. The third-order valence-electron chi connectivity index (χ3n) is 3.23. The van der Waals surface area contributed by atoms with Crippen LogP contribution >= 0.6 is 24.0 Å². The standard InChI is InChI=1S/C13H19N3O2S.HI/c1-16(11-5-6-11)13(14)15-9-10-3-7-12(8-4-10)19(2,17)18;/h3-4,7-8,11H,5-6,9H2,1-2H3,(H2,14,15);1H. The monoisotopic (exact) mass is 409 g/mol. The molecule has 2 rings (SSSR count). The molecule has 1 fully saturated rings. The van der Waals surface area contributed by atoms with Gasteiger partial charge in [0, 0.05) is 19.3 Å². The molecule has 0 radical (unpaired) electrons. The average Bonchev–Trinajstić information content (AvgIpc) is 3.18. The van der Waals surface area contributed by atoms with Crippen LogP contribution in [-0.4, -0.2) is 38.6 Å². The van der Waals surface area contributed by atoms with Gasteiger partial charge in [0.2, 0.25) is 0 Å². The van der Waals surface area contributed by atoms with Crippen LogP contribution in [0.25, 0.3) is 0 Å². The van der Waals surface area contributed by atoms with Crippen LogP contribution < -0.4 is 5.73 Å². The third kappa shape index (κ3) is 4.62. The molecule has 0 atom stereocenters. The minimum atomic E-state index is -3.14. The molecule has 0 aromatic heterocycles. The third-order valence-corrected chi connectivity index (χ3v) is 4.36. The lowest BCUT2D eigenvalue weighted by Crippen LogP contribution is -2.35. The van der Waals surface area contributed by atoms with Crippen molar-refractivity contribution in [1.82, 2.24) is 4.90 Å². The Kier molecular flexibility index (Phi) is 5.81. The molecule has 5 nitrogen and oxygen atoms in total. The number of hydrogen-bond donors (Lipinski definition) is 1. The van der Waals surface area contributed by atoms with Crippen molar-refractivity contribution < 1.29 is 8.42 Å². The molecule has 2 N–H and O–H groups in total. The fourth-order valence-corrected chi connectivity index (χ4v) is 2.41. The van der Waals surface area contributed by atoms with E-state index in [0.717, 1.165) is 5.56 Å². The highest BCUT2D eigenvalue weighted by molar-refractivity contribution is 14.0. The van der Waals surface area contributed by atoms with E-state index in [0.29, 0.717) is 23.4 Å². The summed E-state index contributed by atoms with van der Waals surface area (Å²) in [4.78, 5) is 6.63. The molecule has 0 amide bonds. The summed E-state index contributed by atoms with van der Waals surface area (Å²) < 4.78 is 22.7. The first-order valence-electron chi connectivity index (χ1n) is 6.19. The number of benzene rings is 1. The SMILES string of the molecule is CN(C(N)=NCc1ccc(S(C)(=O)=O)cc1)C1CC1.I. The molecule has 0 unspecified atom stereocenters. The molecular formula is C13H20IN3O2S. The first kappa shape index (κ1) is 17.2. The Morgan fingerprint density at radius 2 is 1.90 bits per heavy atom. The van der Waals surface area contributed by atoms with Crippen molar-refractivity contribution >= 4 is 39.8 Å². The van der Waals surface area contributed by atoms with Gasteiger partial charge >= 0.3 is 0 Å². The quantitative estimate of drug-likeness (QED) is 0.466. The molecule has 1 aliphatic rings. The molecule has 1 aromatic rings. The van der Waals surface area contributed by atoms with Crippen LogP contribution in [0, 0.1) is 0 Å². The molecule has 1 saturated carbocycles. The minimum absolute atomic E-state index is 0. The number of aliphatic imine (C=N–C) groups is 1. The molecule has 0 spiro atoms. The van der Waals surface area contributed by atoms with Gasteiger partial charge in [0.1, 0.15) is 0 Å². The Hall–Kier alpha value is -0.830. The van der Waals surface area contributed by atoms with Crippen LogP contribution in [0.3, 0.4) is 0 Å². The van der Waals surface area contributed by atoms with Crippen molar-refractivity contribution in [3.05, 3.63) is 29.8 Å². The van der Waals surface area contributed by atoms with Crippen molar-refractivity contribution in [2.24, 2.45) is 10.7 Å². The molecule has 0 saturated heterocycles. The summed E-state index contributed by atoms with van der Waals surface area (Å²) >= 11 is 0. The van der Waals surface area contributed by atoms with E-state index in [1.165, 1.54) is 19.1 Å². The predicted octanol–water partition coefficient (Wildman–Crippen LogP) is 1.62. The maximum atomic E-state index is 11.3. The lowest BCUT2D eigenvalue weighted by atomic mass is 10.2. The van der Waals surface area contributed by atoms with Gasteiger partial charge in [-0.3, -0.25) is 0 Å². The molecular weight excluding hydrogens is 389 g/mol. The number of halogens is 1. The van der Waals surface area contributed by atoms with Crippen LogP contribution in [-0.2, 0) is 16.4 Å². The molecule has 112 valence electrons. The van der Waals surface area contributed by atoms with Crippen molar-refractivity contribution in [3.8, 4) is 0 Å². The second-order valence-corrected chi connectivity index (χ2v) is 6.95. The van der Waals surface area contributed by atoms with Crippen LogP contribution in [0.15, 0.2) is 34.2 Å². The fraction of sp³-hybridized carbons (Fsp3) is 0.462. The first-order valence-corrected chi connectivity index (χ1v) is 8.09. The number of hydrogen-bond acceptors (Lipinski definition) is 3. The minimum Gasteiger partial charge on any atom is -0.370 e. The van der Waals surface area contributed by atoms with E-state index in [4.69, 9.17) is 5.73 Å². The Labute approximate surface area is 137 Å². The highest BCUT2D eigenvalue weighted by atomic mass is 127. The van der Waals surface area contributed by atoms with E-state index >= 15 is 0 Å². The van der Waals surface area contributed by atoms with Gasteiger partial charge in [0.05, 0.1) is 11.4 Å². The van der Waals surface area contributed by atoms with Crippen molar-refractivity contribution in [1.29, 1.82) is 0 Å². The summed E-state index contributed by atoms with van der Waals surface area (Å²) in [5, 5.41) is 0. The summed E-state index contributed by atoms with van der Waals surface area (Å²) in [6, 6.07) is 7.27. The normalized spacial score (nSPS) is 15.6. The van der Waals surface area contributed by atoms with Gasteiger partial charge in [-0.05, 0) is 30.5 Å². The Bertz CT molecular complexity index is 580. The zero-order chi connectivity index (χ0) is 14.0. The van der Waals surface area contributed by atoms with Gasteiger partial charge in [0.15, 0.2) is 15.8 Å². The average molecular weight is 409 g/mol. The van der Waals surface area contributed by atoms with E-state index in [-0.39, 0.29) is 24.0 Å². The molecule has 7 heteroatoms. The summed E-state index contributed by atoms with van der Waals surface area (Å²) in [5.41, 5.74) is 6.83. The van der Waals surface area contributed by atoms with Gasteiger partial charge in [-0.25, -0.2) is 13.4 Å². The van der Waals surface area contributed by atoms with Gasteiger partial charge in [-0.15, -0.1) is 24.0 Å². The van der Waals surface area contributed by atoms with E-state index in [2.05, 4.69) is 4.99 Å². The van der Waals surface area contributed by atoms with Gasteiger partial charge in [-0.2, -0.15) is 0 Å². The number of nitrogens with two attached hydrogens (primary N) is 1. The van der Waals surface area contributed by atoms with Crippen molar-refractivity contribution in [3.63, 3.8) is 0 Å². The maximum Gasteiger partial charge on any atom is 0.191 e. The van der Waals surface area contributed by atoms with Crippen LogP contribution in [0.5, 0.6) is 0 Å². The predicted molar refractivity (Wildman–Crippen MR) is 91.1 cm³/mol. The van der Waals surface area contributed by atoms with Crippen molar-refractivity contribution in [2.45, 2.75) is 30.3 Å². The molecule has 1 aromatic carbocycles. The highest BCUT2D eigenvalue weighted by Gasteiger charge is 2.27. The smallest absolute Gasteiger partial charge is 0.191 e. The summed E-state index contributed by atoms with van der Waals surface area (Å²) in [6.07, 6.45) is 3.55. The largest absolute Gasteiger partial charge is 0.370 e. The van der Waals surface area contributed by atoms with E-state index in [1.54, 1.807) is 24.3 Å². The number of nitrogens with zero attached hydrogens (tertiary/aromatic N) is 2. The van der Waals surface area contributed by atoms with Crippen LogP contribution in [0.2, 0.25) is 0 Å². The second kappa shape index (κ2) is 6.75. The van der Waals surface area contributed by atoms with Gasteiger partial charge in [-0.1, -0.05) is 12.1 Å². The lowest BCUT2D eigenvalue weighted by molar-refractivity contribution is 0.487. The highest BCUT2D eigenvalue weighted by Crippen LogP contribution is 2.24. The zero-order valence-corrected chi connectivity index (χ0v) is 14.8. The topological polar surface area (TPSA) is 75.8 Å². The Morgan fingerprint density at radius 1 is 1.35 bits per heavy atom. The number of guanidine groups is 1. The number of sulfone groups is 1. The van der Waals surface area contributed by atoms with Gasteiger partial charge in [0.25, 0.3) is 0 Å². The molecule has 20 heavy (non-hydrogen) atoms. The summed E-state index contributed by atoms with van der Waals surface area (Å²) in [7, 11) is -1.19. The first-order chi connectivity index (χ1) is 8.88. The van der Waals surface area contributed by atoms with E-state index in [9.17, 15) is 8.42 Å². The Morgan fingerprint density at radius 3 is 2.35 bits per heavy atom. The van der Waals surface area contributed by atoms with Crippen LogP contribution in [0.1, 0.15) is 18.4 Å². The maximum absolute atomic E-state index is 11.3. The molecule has 0 bridgehead atoms. The van der Waals surface area contributed by atoms with Crippen molar-refractivity contribution in [2.75, 3.05) is 13.3 Å². The van der Waals surface area contributed by atoms with Crippen LogP contribution in [0.4, 0.5) is 0 Å². The fourth-order valence-electron chi connectivity index (χ4n) is 1.77. The number of rotatable bonds is 4. The van der Waals surface area contributed by atoms with E-state index < -0.39 is 9.84 Å². The summed E-state index contributed by atoms with van der Waals surface area (Å²) in [5.74, 6) is 0.537. The van der Waals surface area contributed by atoms with E-state index in [1.807, 2.05) is 11.9 Å².